The lowest BCUT2D eigenvalue weighted by Gasteiger charge is -2.10. The van der Waals surface area contributed by atoms with Crippen LogP contribution in [0.3, 0.4) is 0 Å². The van der Waals surface area contributed by atoms with Gasteiger partial charge in [-0.2, -0.15) is 0 Å². The van der Waals surface area contributed by atoms with Crippen molar-refractivity contribution >= 4 is 29.8 Å². The van der Waals surface area contributed by atoms with Crippen LogP contribution >= 0.6 is 0 Å². The minimum Gasteiger partial charge on any atom is -0.497 e. The Labute approximate surface area is 222 Å². The Bertz CT molecular complexity index is 1410. The Morgan fingerprint density at radius 1 is 0.821 bits per heavy atom. The van der Waals surface area contributed by atoms with Gasteiger partial charge in [0.25, 0.3) is 17.7 Å². The molecule has 2 atom stereocenters. The molecule has 0 saturated carbocycles. The van der Waals surface area contributed by atoms with Gasteiger partial charge in [-0.05, 0) is 34.9 Å². The number of nitrogens with one attached hydrogen (secondary N) is 4. The van der Waals surface area contributed by atoms with E-state index >= 15 is 0 Å². The standard InChI is InChI=1S/C17H13N5O4.C10H11NO2/c23-14-12(19-16(25)21-14)9-3-1-8(2-4-9)10-5-6-11(18-7-10)13-15(24)22-17(26)20-13;1-11-6-7-3-4-8(13-2)5-9(7)10(11)12/h1-7,12-13H,(H2,19,21,23,25)(H2,20,22,24,26);3-5H,6H2,1-2H3. The number of nitrogens with zero attached hydrogens (tertiary/aromatic N) is 2. The largest absolute Gasteiger partial charge is 0.497 e. The van der Waals surface area contributed by atoms with Crippen molar-refractivity contribution in [1.29, 1.82) is 0 Å². The number of ether oxygens (including phenoxy) is 1. The summed E-state index contributed by atoms with van der Waals surface area (Å²) in [5, 5.41) is 9.38. The summed E-state index contributed by atoms with van der Waals surface area (Å²) in [4.78, 5) is 63.2. The quantitative estimate of drug-likeness (QED) is 0.376. The number of methoxy groups -OCH3 is 1. The molecule has 0 aliphatic carbocycles. The van der Waals surface area contributed by atoms with Crippen molar-refractivity contribution in [2.75, 3.05) is 14.2 Å². The summed E-state index contributed by atoms with van der Waals surface area (Å²) in [5.41, 5.74) is 4.63. The molecule has 3 aliphatic rings. The topological polar surface area (TPSA) is 159 Å². The number of fused-ring (bicyclic) bond motifs is 1. The highest BCUT2D eigenvalue weighted by molar-refractivity contribution is 6.05. The van der Waals surface area contributed by atoms with E-state index in [1.165, 1.54) is 0 Å². The van der Waals surface area contributed by atoms with Crippen molar-refractivity contribution < 1.29 is 28.7 Å². The molecule has 39 heavy (non-hydrogen) atoms. The zero-order chi connectivity index (χ0) is 27.7. The molecule has 0 spiro atoms. The summed E-state index contributed by atoms with van der Waals surface area (Å²) >= 11 is 0. The first-order valence-corrected chi connectivity index (χ1v) is 11.9. The zero-order valence-electron chi connectivity index (χ0n) is 21.0. The Morgan fingerprint density at radius 2 is 1.46 bits per heavy atom. The van der Waals surface area contributed by atoms with Gasteiger partial charge in [0.1, 0.15) is 11.8 Å². The second-order valence-electron chi connectivity index (χ2n) is 9.07. The van der Waals surface area contributed by atoms with Crippen molar-refractivity contribution in [3.63, 3.8) is 0 Å². The molecule has 0 radical (unpaired) electrons. The number of hydrogen-bond acceptors (Lipinski definition) is 7. The van der Waals surface area contributed by atoms with Crippen LogP contribution in [0.1, 0.15) is 39.3 Å². The summed E-state index contributed by atoms with van der Waals surface area (Å²) in [6.07, 6.45) is 1.60. The Kier molecular flexibility index (Phi) is 6.67. The molecule has 12 nitrogen and oxygen atoms in total. The van der Waals surface area contributed by atoms with Gasteiger partial charge in [0.05, 0.1) is 12.8 Å². The molecule has 7 amide bonds. The minimum atomic E-state index is -0.789. The number of rotatable bonds is 4. The molecular weight excluding hydrogens is 504 g/mol. The Morgan fingerprint density at radius 3 is 2.03 bits per heavy atom. The summed E-state index contributed by atoms with van der Waals surface area (Å²) < 4.78 is 5.05. The third-order valence-electron chi connectivity index (χ3n) is 6.51. The highest BCUT2D eigenvalue weighted by Gasteiger charge is 2.32. The van der Waals surface area contributed by atoms with Crippen LogP contribution in [0.25, 0.3) is 11.1 Å². The van der Waals surface area contributed by atoms with Gasteiger partial charge in [0.15, 0.2) is 6.04 Å². The number of amides is 7. The molecule has 2 unspecified atom stereocenters. The second-order valence-corrected chi connectivity index (χ2v) is 9.07. The molecule has 4 heterocycles. The zero-order valence-corrected chi connectivity index (χ0v) is 21.0. The number of urea groups is 2. The monoisotopic (exact) mass is 528 g/mol. The number of carbonyl (C=O) groups excluding carboxylic acids is 5. The molecule has 4 N–H and O–H groups in total. The molecule has 2 fully saturated rings. The van der Waals surface area contributed by atoms with Gasteiger partial charge in [-0.3, -0.25) is 30.0 Å². The van der Waals surface area contributed by atoms with Gasteiger partial charge in [0, 0.05) is 30.9 Å². The van der Waals surface area contributed by atoms with Crippen molar-refractivity contribution in [2.24, 2.45) is 0 Å². The van der Waals surface area contributed by atoms with E-state index in [4.69, 9.17) is 4.74 Å². The predicted octanol–water partition coefficient (Wildman–Crippen LogP) is 1.79. The third kappa shape index (κ3) is 5.12. The molecule has 2 aromatic carbocycles. The maximum atomic E-state index is 11.7. The molecule has 0 bridgehead atoms. The number of aromatic nitrogens is 1. The number of carbonyl (C=O) groups is 5. The van der Waals surface area contributed by atoms with Crippen molar-refractivity contribution in [3.05, 3.63) is 83.2 Å². The fraction of sp³-hybridized carbons (Fsp3) is 0.185. The summed E-state index contributed by atoms with van der Waals surface area (Å²) in [6, 6.07) is 13.7. The Hall–Kier alpha value is -5.26. The van der Waals surface area contributed by atoms with Crippen molar-refractivity contribution in [2.45, 2.75) is 18.6 Å². The fourth-order valence-electron chi connectivity index (χ4n) is 4.44. The molecule has 12 heteroatoms. The van der Waals surface area contributed by atoms with Gasteiger partial charge < -0.3 is 20.3 Å². The van der Waals surface area contributed by atoms with Crippen LogP contribution in [-0.2, 0) is 16.1 Å². The SMILES string of the molecule is COc1ccc2c(c1)C(=O)N(C)C2.O=C1NC(=O)C(c2ccc(-c3ccc(C4NC(=O)NC4=O)nc3)cc2)N1. The van der Waals surface area contributed by atoms with E-state index in [0.717, 1.165) is 28.0 Å². The van der Waals surface area contributed by atoms with Gasteiger partial charge in [-0.25, -0.2) is 9.59 Å². The highest BCUT2D eigenvalue weighted by atomic mass is 16.5. The predicted molar refractivity (Wildman–Crippen MR) is 137 cm³/mol. The van der Waals surface area contributed by atoms with Crippen LogP contribution in [0.2, 0.25) is 0 Å². The highest BCUT2D eigenvalue weighted by Crippen LogP contribution is 2.26. The van der Waals surface area contributed by atoms with Crippen LogP contribution in [0.4, 0.5) is 9.59 Å². The lowest BCUT2D eigenvalue weighted by Crippen LogP contribution is -2.22. The van der Waals surface area contributed by atoms with Crippen molar-refractivity contribution in [3.8, 4) is 16.9 Å². The first kappa shape index (κ1) is 25.4. The molecule has 3 aliphatic heterocycles. The lowest BCUT2D eigenvalue weighted by molar-refractivity contribution is -0.121. The van der Waals surface area contributed by atoms with Crippen LogP contribution in [0.15, 0.2) is 60.8 Å². The maximum absolute atomic E-state index is 11.7. The number of imide groups is 2. The van der Waals surface area contributed by atoms with Crippen LogP contribution in [0.5, 0.6) is 5.75 Å². The number of hydrogen-bond donors (Lipinski definition) is 4. The van der Waals surface area contributed by atoms with E-state index in [2.05, 4.69) is 26.3 Å². The van der Waals surface area contributed by atoms with E-state index < -0.39 is 30.1 Å². The van der Waals surface area contributed by atoms with Gasteiger partial charge in [-0.1, -0.05) is 36.4 Å². The van der Waals surface area contributed by atoms with Gasteiger partial charge in [-0.15, -0.1) is 0 Å². The summed E-state index contributed by atoms with van der Waals surface area (Å²) in [6.45, 7) is 0.707. The van der Waals surface area contributed by atoms with E-state index in [1.54, 1.807) is 55.6 Å². The summed E-state index contributed by atoms with van der Waals surface area (Å²) in [7, 11) is 3.40. The molecule has 198 valence electrons. The molecule has 6 rings (SSSR count). The minimum absolute atomic E-state index is 0.0777. The average Bonchev–Trinajstić information content (AvgIpc) is 3.56. The van der Waals surface area contributed by atoms with E-state index in [0.29, 0.717) is 17.8 Å². The van der Waals surface area contributed by atoms with Gasteiger partial charge in [0.2, 0.25) is 0 Å². The third-order valence-corrected chi connectivity index (χ3v) is 6.51. The molecule has 2 saturated heterocycles. The summed E-state index contributed by atoms with van der Waals surface area (Å²) in [5.74, 6) is -0.00144. The molecule has 1 aromatic heterocycles. The normalized spacial score (nSPS) is 19.4. The number of pyridine rings is 1. The van der Waals surface area contributed by atoms with E-state index in [-0.39, 0.29) is 11.8 Å². The second kappa shape index (κ2) is 10.2. The Balaban J connectivity index is 0.000000198. The average molecular weight is 529 g/mol. The first-order valence-electron chi connectivity index (χ1n) is 11.9. The van der Waals surface area contributed by atoms with Crippen LogP contribution in [-0.4, -0.2) is 53.8 Å². The molecular formula is C27H24N6O6. The van der Waals surface area contributed by atoms with E-state index in [9.17, 15) is 24.0 Å². The van der Waals surface area contributed by atoms with Gasteiger partial charge >= 0.3 is 12.1 Å². The maximum Gasteiger partial charge on any atom is 0.322 e. The smallest absolute Gasteiger partial charge is 0.322 e. The van der Waals surface area contributed by atoms with Crippen LogP contribution in [0, 0.1) is 0 Å². The number of benzene rings is 2. The molecule has 3 aromatic rings. The van der Waals surface area contributed by atoms with Crippen molar-refractivity contribution in [1.82, 2.24) is 31.2 Å². The first-order chi connectivity index (χ1) is 18.7. The van der Waals surface area contributed by atoms with E-state index in [1.807, 2.05) is 24.3 Å². The lowest BCUT2D eigenvalue weighted by atomic mass is 10.0. The fourth-order valence-corrected chi connectivity index (χ4v) is 4.44. The van der Waals surface area contributed by atoms with Crippen LogP contribution < -0.4 is 26.0 Å².